The maximum Gasteiger partial charge on any atom is 0.316 e. The highest BCUT2D eigenvalue weighted by Crippen LogP contribution is 1.97. The van der Waals surface area contributed by atoms with Crippen LogP contribution in [-0.2, 0) is 9.84 Å². The highest BCUT2D eigenvalue weighted by Gasteiger charge is 2.02. The van der Waals surface area contributed by atoms with E-state index in [2.05, 4.69) is 9.97 Å². The van der Waals surface area contributed by atoms with Gasteiger partial charge in [0.15, 0.2) is 9.84 Å². The second-order valence-electron chi connectivity index (χ2n) is 2.51. The van der Waals surface area contributed by atoms with Gasteiger partial charge in [-0.2, -0.15) is 0 Å². The molecule has 1 rings (SSSR count). The van der Waals surface area contributed by atoms with Gasteiger partial charge in [-0.15, -0.1) is 0 Å². The molecule has 0 spiro atoms. The molecule has 0 saturated heterocycles. The molecule has 1 aromatic rings. The molecule has 0 amide bonds. The van der Waals surface area contributed by atoms with Crippen LogP contribution >= 0.6 is 0 Å². The van der Waals surface area contributed by atoms with Crippen molar-refractivity contribution in [3.8, 4) is 6.01 Å². The molecule has 1 heterocycles. The fourth-order valence-corrected chi connectivity index (χ4v) is 1.03. The minimum absolute atomic E-state index is 0.0226. The topological polar surface area (TPSA) is 69.2 Å². The van der Waals surface area contributed by atoms with Crippen LogP contribution in [0.4, 0.5) is 0 Å². The van der Waals surface area contributed by atoms with Crippen LogP contribution in [-0.4, -0.2) is 37.0 Å². The average molecular weight is 202 g/mol. The fourth-order valence-electron chi connectivity index (χ4n) is 0.644. The van der Waals surface area contributed by atoms with Gasteiger partial charge in [-0.3, -0.25) is 0 Å². The van der Waals surface area contributed by atoms with Crippen molar-refractivity contribution in [2.24, 2.45) is 0 Å². The standard InChI is InChI=1S/C7H10N2O3S/c1-13(10,11)6-5-12-7-8-3-2-4-9-7/h2-4H,5-6H2,1H3. The molecule has 0 aliphatic rings. The number of aromatic nitrogens is 2. The molecule has 13 heavy (non-hydrogen) atoms. The fraction of sp³-hybridized carbons (Fsp3) is 0.429. The van der Waals surface area contributed by atoms with Crippen molar-refractivity contribution in [1.82, 2.24) is 9.97 Å². The Hall–Kier alpha value is -1.17. The van der Waals surface area contributed by atoms with Crippen LogP contribution in [0.1, 0.15) is 0 Å². The van der Waals surface area contributed by atoms with E-state index in [9.17, 15) is 8.42 Å². The molecule has 0 aliphatic heterocycles. The summed E-state index contributed by atoms with van der Waals surface area (Å²) in [6.45, 7) is 0.0862. The normalized spacial score (nSPS) is 11.2. The minimum Gasteiger partial charge on any atom is -0.462 e. The molecule has 6 heteroatoms. The van der Waals surface area contributed by atoms with E-state index < -0.39 is 9.84 Å². The van der Waals surface area contributed by atoms with E-state index in [0.717, 1.165) is 6.26 Å². The number of ether oxygens (including phenoxy) is 1. The van der Waals surface area contributed by atoms with Crippen molar-refractivity contribution in [1.29, 1.82) is 0 Å². The molecule has 0 saturated carbocycles. The SMILES string of the molecule is CS(=O)(=O)CCOc1ncccn1. The van der Waals surface area contributed by atoms with Crippen LogP contribution in [0.5, 0.6) is 6.01 Å². The Balaban J connectivity index is 2.37. The summed E-state index contributed by atoms with van der Waals surface area (Å²) in [7, 11) is -2.97. The molecule has 0 bridgehead atoms. The zero-order valence-electron chi connectivity index (χ0n) is 7.17. The maximum absolute atomic E-state index is 10.7. The summed E-state index contributed by atoms with van der Waals surface area (Å²) in [4.78, 5) is 7.54. The number of hydrogen-bond acceptors (Lipinski definition) is 5. The average Bonchev–Trinajstić information content (AvgIpc) is 2.04. The van der Waals surface area contributed by atoms with Crippen molar-refractivity contribution in [3.05, 3.63) is 18.5 Å². The molecule has 5 nitrogen and oxygen atoms in total. The van der Waals surface area contributed by atoms with Crippen LogP contribution < -0.4 is 4.74 Å². The molecule has 0 unspecified atom stereocenters. The van der Waals surface area contributed by atoms with E-state index in [1.54, 1.807) is 6.07 Å². The molecule has 0 aromatic carbocycles. The first-order valence-electron chi connectivity index (χ1n) is 3.65. The van der Waals surface area contributed by atoms with E-state index in [1.165, 1.54) is 12.4 Å². The Kier molecular flexibility index (Phi) is 3.18. The summed E-state index contributed by atoms with van der Waals surface area (Å²) < 4.78 is 26.4. The van der Waals surface area contributed by atoms with Crippen molar-refractivity contribution >= 4 is 9.84 Å². The molecular weight excluding hydrogens is 192 g/mol. The van der Waals surface area contributed by atoms with Crippen LogP contribution in [0.3, 0.4) is 0 Å². The summed E-state index contributed by atoms with van der Waals surface area (Å²) >= 11 is 0. The molecule has 0 aliphatic carbocycles. The Morgan fingerprint density at radius 1 is 1.38 bits per heavy atom. The largest absolute Gasteiger partial charge is 0.462 e. The van der Waals surface area contributed by atoms with E-state index in [4.69, 9.17) is 4.74 Å². The van der Waals surface area contributed by atoms with Crippen LogP contribution in [0.15, 0.2) is 18.5 Å². The molecule has 0 N–H and O–H groups in total. The van der Waals surface area contributed by atoms with Gasteiger partial charge in [-0.25, -0.2) is 18.4 Å². The summed E-state index contributed by atoms with van der Waals surface area (Å²) in [5.74, 6) is -0.0226. The van der Waals surface area contributed by atoms with Gasteiger partial charge in [0.25, 0.3) is 0 Å². The van der Waals surface area contributed by atoms with Gasteiger partial charge in [0.05, 0.1) is 5.75 Å². The number of nitrogens with zero attached hydrogens (tertiary/aromatic N) is 2. The van der Waals surface area contributed by atoms with Gasteiger partial charge in [0, 0.05) is 18.6 Å². The summed E-state index contributed by atoms with van der Waals surface area (Å²) in [6.07, 6.45) is 4.22. The zero-order valence-corrected chi connectivity index (χ0v) is 7.99. The third kappa shape index (κ3) is 4.41. The Bertz CT molecular complexity index is 349. The maximum atomic E-state index is 10.7. The van der Waals surface area contributed by atoms with Crippen LogP contribution in [0.2, 0.25) is 0 Å². The lowest BCUT2D eigenvalue weighted by molar-refractivity contribution is 0.313. The zero-order chi connectivity index (χ0) is 9.73. The van der Waals surface area contributed by atoms with Gasteiger partial charge in [-0.05, 0) is 6.07 Å². The van der Waals surface area contributed by atoms with Crippen LogP contribution in [0, 0.1) is 0 Å². The summed E-state index contributed by atoms with van der Waals surface area (Å²) in [6, 6.07) is 1.86. The molecular formula is C7H10N2O3S. The minimum atomic E-state index is -2.97. The van der Waals surface area contributed by atoms with Gasteiger partial charge in [0.2, 0.25) is 0 Å². The first-order valence-corrected chi connectivity index (χ1v) is 5.71. The lowest BCUT2D eigenvalue weighted by Crippen LogP contribution is -2.12. The second kappa shape index (κ2) is 4.18. The van der Waals surface area contributed by atoms with Gasteiger partial charge in [0.1, 0.15) is 6.61 Å². The summed E-state index contributed by atoms with van der Waals surface area (Å²) in [5, 5.41) is 0. The molecule has 0 radical (unpaired) electrons. The second-order valence-corrected chi connectivity index (χ2v) is 4.77. The Morgan fingerprint density at radius 2 is 2.00 bits per heavy atom. The number of hydrogen-bond donors (Lipinski definition) is 0. The van der Waals surface area contributed by atoms with E-state index in [0.29, 0.717) is 0 Å². The van der Waals surface area contributed by atoms with Crippen molar-refractivity contribution < 1.29 is 13.2 Å². The summed E-state index contributed by atoms with van der Waals surface area (Å²) in [5.41, 5.74) is 0. The Morgan fingerprint density at radius 3 is 2.54 bits per heavy atom. The highest BCUT2D eigenvalue weighted by molar-refractivity contribution is 7.90. The third-order valence-corrected chi connectivity index (χ3v) is 2.14. The molecule has 72 valence electrons. The van der Waals surface area contributed by atoms with Crippen molar-refractivity contribution in [2.45, 2.75) is 0 Å². The van der Waals surface area contributed by atoms with E-state index >= 15 is 0 Å². The van der Waals surface area contributed by atoms with E-state index in [-0.39, 0.29) is 18.4 Å². The number of rotatable bonds is 4. The quantitative estimate of drug-likeness (QED) is 0.682. The third-order valence-electron chi connectivity index (χ3n) is 1.23. The predicted molar refractivity (Wildman–Crippen MR) is 47.2 cm³/mol. The first kappa shape index (κ1) is 9.91. The van der Waals surface area contributed by atoms with Gasteiger partial charge < -0.3 is 4.74 Å². The van der Waals surface area contributed by atoms with Crippen LogP contribution in [0.25, 0.3) is 0 Å². The highest BCUT2D eigenvalue weighted by atomic mass is 32.2. The van der Waals surface area contributed by atoms with Crippen molar-refractivity contribution in [2.75, 3.05) is 18.6 Å². The van der Waals surface area contributed by atoms with Gasteiger partial charge >= 0.3 is 6.01 Å². The smallest absolute Gasteiger partial charge is 0.316 e. The first-order chi connectivity index (χ1) is 6.08. The molecule has 0 fully saturated rings. The van der Waals surface area contributed by atoms with Gasteiger partial charge in [-0.1, -0.05) is 0 Å². The van der Waals surface area contributed by atoms with Crippen molar-refractivity contribution in [3.63, 3.8) is 0 Å². The Labute approximate surface area is 76.7 Å². The molecule has 1 aromatic heterocycles. The predicted octanol–water partition coefficient (Wildman–Crippen LogP) is -0.100. The monoisotopic (exact) mass is 202 g/mol. The lowest BCUT2D eigenvalue weighted by atomic mass is 10.7. The van der Waals surface area contributed by atoms with E-state index in [1.807, 2.05) is 0 Å². The lowest BCUT2D eigenvalue weighted by Gasteiger charge is -2.01. The molecule has 0 atom stereocenters. The number of sulfone groups is 1.